The van der Waals surface area contributed by atoms with Gasteiger partial charge in [0.05, 0.1) is 0 Å². The third kappa shape index (κ3) is 3.60. The van der Waals surface area contributed by atoms with E-state index in [2.05, 4.69) is 6.58 Å². The number of hydrogen-bond acceptors (Lipinski definition) is 2. The van der Waals surface area contributed by atoms with Crippen LogP contribution in [-0.2, 0) is 11.2 Å². The van der Waals surface area contributed by atoms with Gasteiger partial charge in [-0.3, -0.25) is 4.79 Å². The topological polar surface area (TPSA) is 29.5 Å². The van der Waals surface area contributed by atoms with Gasteiger partial charge in [-0.1, -0.05) is 18.2 Å². The van der Waals surface area contributed by atoms with Crippen LogP contribution in [0.15, 0.2) is 36.9 Å². The van der Waals surface area contributed by atoms with E-state index < -0.39 is 6.10 Å². The fourth-order valence-electron chi connectivity index (χ4n) is 2.32. The molecule has 1 aliphatic rings. The van der Waals surface area contributed by atoms with Crippen LogP contribution in [0.4, 0.5) is 0 Å². The maximum atomic E-state index is 12.1. The van der Waals surface area contributed by atoms with Gasteiger partial charge in [0.1, 0.15) is 5.75 Å². The van der Waals surface area contributed by atoms with Crippen molar-refractivity contribution in [3.8, 4) is 5.75 Å². The van der Waals surface area contributed by atoms with Crippen molar-refractivity contribution in [2.45, 2.75) is 32.3 Å². The summed E-state index contributed by atoms with van der Waals surface area (Å²) in [4.78, 5) is 14.0. The van der Waals surface area contributed by atoms with Crippen molar-refractivity contribution in [2.24, 2.45) is 0 Å². The summed E-state index contributed by atoms with van der Waals surface area (Å²) in [6.45, 7) is 7.26. The van der Waals surface area contributed by atoms with Gasteiger partial charge in [0, 0.05) is 13.1 Å². The van der Waals surface area contributed by atoms with Gasteiger partial charge in [-0.25, -0.2) is 0 Å². The van der Waals surface area contributed by atoms with Crippen LogP contribution in [0.3, 0.4) is 0 Å². The third-order valence-corrected chi connectivity index (χ3v) is 3.38. The Bertz CT molecular complexity index is 433. The Kier molecular flexibility index (Phi) is 4.61. The van der Waals surface area contributed by atoms with Gasteiger partial charge in [-0.2, -0.15) is 0 Å². The molecule has 3 heteroatoms. The summed E-state index contributed by atoms with van der Waals surface area (Å²) in [6.07, 6.45) is 4.52. The first-order chi connectivity index (χ1) is 9.20. The van der Waals surface area contributed by atoms with Crippen LogP contribution in [0, 0.1) is 0 Å². The summed E-state index contributed by atoms with van der Waals surface area (Å²) in [5.41, 5.74) is 1.20. The number of benzene rings is 1. The normalized spacial score (nSPS) is 16.2. The number of rotatable bonds is 5. The molecule has 1 atom stereocenters. The molecule has 0 radical (unpaired) electrons. The average Bonchev–Trinajstić information content (AvgIpc) is 2.94. The van der Waals surface area contributed by atoms with Gasteiger partial charge in [-0.05, 0) is 43.9 Å². The Morgan fingerprint density at radius 2 is 2.00 bits per heavy atom. The summed E-state index contributed by atoms with van der Waals surface area (Å²) in [5, 5.41) is 0. The van der Waals surface area contributed by atoms with Gasteiger partial charge < -0.3 is 9.64 Å². The number of likely N-dealkylation sites (tertiary alicyclic amines) is 1. The molecule has 1 aromatic carbocycles. The molecule has 0 aromatic heterocycles. The molecule has 0 N–H and O–H groups in total. The molecule has 1 heterocycles. The first-order valence-electron chi connectivity index (χ1n) is 6.86. The second-order valence-corrected chi connectivity index (χ2v) is 4.93. The first-order valence-corrected chi connectivity index (χ1v) is 6.86. The summed E-state index contributed by atoms with van der Waals surface area (Å²) in [6, 6.07) is 7.83. The van der Waals surface area contributed by atoms with Crippen molar-refractivity contribution in [3.05, 3.63) is 42.5 Å². The smallest absolute Gasteiger partial charge is 0.263 e. The Balaban J connectivity index is 1.92. The molecule has 3 nitrogen and oxygen atoms in total. The largest absolute Gasteiger partial charge is 0.481 e. The maximum Gasteiger partial charge on any atom is 0.263 e. The van der Waals surface area contributed by atoms with Crippen LogP contribution >= 0.6 is 0 Å². The van der Waals surface area contributed by atoms with Crippen LogP contribution in [0.2, 0.25) is 0 Å². The molecular formula is C16H21NO2. The van der Waals surface area contributed by atoms with Gasteiger partial charge in [0.15, 0.2) is 6.10 Å². The first kappa shape index (κ1) is 13.7. The molecule has 1 amide bonds. The third-order valence-electron chi connectivity index (χ3n) is 3.38. The summed E-state index contributed by atoms with van der Waals surface area (Å²) in [5.74, 6) is 0.834. The van der Waals surface area contributed by atoms with E-state index in [4.69, 9.17) is 4.74 Å². The zero-order chi connectivity index (χ0) is 13.7. The molecule has 1 saturated heterocycles. The molecule has 1 aliphatic heterocycles. The number of carbonyl (C=O) groups excluding carboxylic acids is 1. The van der Waals surface area contributed by atoms with E-state index in [1.54, 1.807) is 0 Å². The van der Waals surface area contributed by atoms with E-state index in [1.165, 1.54) is 5.56 Å². The van der Waals surface area contributed by atoms with E-state index in [-0.39, 0.29) is 5.91 Å². The number of allylic oxidation sites excluding steroid dienone is 1. The molecule has 0 saturated carbocycles. The van der Waals surface area contributed by atoms with E-state index in [0.717, 1.165) is 38.1 Å². The van der Waals surface area contributed by atoms with Crippen molar-refractivity contribution < 1.29 is 9.53 Å². The molecule has 2 rings (SSSR count). The fraction of sp³-hybridized carbons (Fsp3) is 0.438. The van der Waals surface area contributed by atoms with Crippen molar-refractivity contribution in [1.82, 2.24) is 4.90 Å². The van der Waals surface area contributed by atoms with Crippen LogP contribution in [-0.4, -0.2) is 30.0 Å². The lowest BCUT2D eigenvalue weighted by molar-refractivity contribution is -0.136. The molecule has 1 unspecified atom stereocenters. The fourth-order valence-corrected chi connectivity index (χ4v) is 2.32. The van der Waals surface area contributed by atoms with E-state index in [1.807, 2.05) is 42.2 Å². The zero-order valence-electron chi connectivity index (χ0n) is 11.5. The second kappa shape index (κ2) is 6.41. The molecule has 0 spiro atoms. The van der Waals surface area contributed by atoms with Gasteiger partial charge in [-0.15, -0.1) is 6.58 Å². The highest BCUT2D eigenvalue weighted by Gasteiger charge is 2.24. The Morgan fingerprint density at radius 3 is 2.58 bits per heavy atom. The second-order valence-electron chi connectivity index (χ2n) is 4.93. The Hall–Kier alpha value is -1.77. The maximum absolute atomic E-state index is 12.1. The molecule has 0 aliphatic carbocycles. The van der Waals surface area contributed by atoms with Crippen molar-refractivity contribution in [1.29, 1.82) is 0 Å². The Morgan fingerprint density at radius 1 is 1.37 bits per heavy atom. The van der Waals surface area contributed by atoms with Crippen LogP contribution in [0.1, 0.15) is 25.3 Å². The molecular weight excluding hydrogens is 238 g/mol. The predicted octanol–water partition coefficient (Wildman–Crippen LogP) is 2.80. The van der Waals surface area contributed by atoms with Crippen molar-refractivity contribution in [3.63, 3.8) is 0 Å². The molecule has 102 valence electrons. The number of hydrogen-bond donors (Lipinski definition) is 0. The van der Waals surface area contributed by atoms with Crippen molar-refractivity contribution in [2.75, 3.05) is 13.1 Å². The molecule has 0 bridgehead atoms. The summed E-state index contributed by atoms with van der Waals surface area (Å²) < 4.78 is 5.70. The lowest BCUT2D eigenvalue weighted by atomic mass is 10.1. The van der Waals surface area contributed by atoms with E-state index >= 15 is 0 Å². The SMILES string of the molecule is C=CCc1ccc(OC(C)C(=O)N2CCCC2)cc1. The number of carbonyl (C=O) groups is 1. The standard InChI is InChI=1S/C16H21NO2/c1-3-6-14-7-9-15(10-8-14)19-13(2)16(18)17-11-4-5-12-17/h3,7-10,13H,1,4-6,11-12H2,2H3. The van der Waals surface area contributed by atoms with Crippen LogP contribution in [0.5, 0.6) is 5.75 Å². The summed E-state index contributed by atoms with van der Waals surface area (Å²) >= 11 is 0. The lowest BCUT2D eigenvalue weighted by Crippen LogP contribution is -2.38. The molecule has 1 aromatic rings. The lowest BCUT2D eigenvalue weighted by Gasteiger charge is -2.21. The highest BCUT2D eigenvalue weighted by molar-refractivity contribution is 5.81. The monoisotopic (exact) mass is 259 g/mol. The number of ether oxygens (including phenoxy) is 1. The highest BCUT2D eigenvalue weighted by atomic mass is 16.5. The highest BCUT2D eigenvalue weighted by Crippen LogP contribution is 2.16. The summed E-state index contributed by atoms with van der Waals surface area (Å²) in [7, 11) is 0. The molecule has 19 heavy (non-hydrogen) atoms. The van der Waals surface area contributed by atoms with E-state index in [9.17, 15) is 4.79 Å². The zero-order valence-corrected chi connectivity index (χ0v) is 11.5. The minimum absolute atomic E-state index is 0.0904. The van der Waals surface area contributed by atoms with Gasteiger partial charge >= 0.3 is 0 Å². The minimum atomic E-state index is -0.414. The number of amides is 1. The number of nitrogens with zero attached hydrogens (tertiary/aromatic N) is 1. The van der Waals surface area contributed by atoms with Crippen molar-refractivity contribution >= 4 is 5.91 Å². The van der Waals surface area contributed by atoms with Crippen LogP contribution in [0.25, 0.3) is 0 Å². The van der Waals surface area contributed by atoms with Crippen LogP contribution < -0.4 is 4.74 Å². The average molecular weight is 259 g/mol. The Labute approximate surface area is 114 Å². The van der Waals surface area contributed by atoms with Gasteiger partial charge in [0.25, 0.3) is 5.91 Å². The van der Waals surface area contributed by atoms with E-state index in [0.29, 0.717) is 0 Å². The predicted molar refractivity (Wildman–Crippen MR) is 76.2 cm³/mol. The van der Waals surface area contributed by atoms with Gasteiger partial charge in [0.2, 0.25) is 0 Å². The molecule has 1 fully saturated rings. The quantitative estimate of drug-likeness (QED) is 0.761. The minimum Gasteiger partial charge on any atom is -0.481 e.